The van der Waals surface area contributed by atoms with Crippen LogP contribution in [-0.2, 0) is 11.2 Å². The van der Waals surface area contributed by atoms with E-state index in [2.05, 4.69) is 80.3 Å². The van der Waals surface area contributed by atoms with E-state index in [0.717, 1.165) is 17.9 Å². The zero-order chi connectivity index (χ0) is 22.1. The van der Waals surface area contributed by atoms with Crippen molar-refractivity contribution in [1.82, 2.24) is 5.32 Å². The molecule has 2 aromatic carbocycles. The first-order valence-electron chi connectivity index (χ1n) is 12.1. The normalized spacial score (nSPS) is 22.4. The van der Waals surface area contributed by atoms with Gasteiger partial charge in [-0.25, -0.2) is 0 Å². The topological polar surface area (TPSA) is 29.1 Å². The molecule has 0 saturated carbocycles. The number of hydrogen-bond acceptors (Lipinski definition) is 1. The standard InChI is InChI=1S/C28H39NOSi/c1-4-5-18-31(19-15-24(3)16-20-31)21-17-28(30)29-27(26-9-7-6-8-10-26)22-25-13-11-23(2)12-14-25/h6-14,17,21,24,27H,4-5,15-16,18-20,22H2,1-3H3,(H,29,30). The first-order chi connectivity index (χ1) is 15.0. The van der Waals surface area contributed by atoms with Crippen LogP contribution in [0.1, 0.15) is 62.3 Å². The quantitative estimate of drug-likeness (QED) is 0.329. The molecular formula is C28H39NOSi. The summed E-state index contributed by atoms with van der Waals surface area (Å²) in [6.07, 6.45) is 7.91. The number of benzene rings is 2. The lowest BCUT2D eigenvalue weighted by Gasteiger charge is -2.35. The van der Waals surface area contributed by atoms with Gasteiger partial charge in [0.15, 0.2) is 0 Å². The molecule has 1 saturated heterocycles. The van der Waals surface area contributed by atoms with Crippen LogP contribution in [0.5, 0.6) is 0 Å². The lowest BCUT2D eigenvalue weighted by molar-refractivity contribution is -0.117. The highest BCUT2D eigenvalue weighted by Gasteiger charge is 2.33. The van der Waals surface area contributed by atoms with Crippen LogP contribution in [0.4, 0.5) is 0 Å². The summed E-state index contributed by atoms with van der Waals surface area (Å²) in [6.45, 7) is 6.76. The number of aryl methyl sites for hydroxylation is 1. The lowest BCUT2D eigenvalue weighted by Crippen LogP contribution is -2.37. The fourth-order valence-electron chi connectivity index (χ4n) is 4.74. The molecule has 2 aromatic rings. The van der Waals surface area contributed by atoms with E-state index in [1.807, 2.05) is 12.1 Å². The average Bonchev–Trinajstić information content (AvgIpc) is 2.80. The molecule has 1 unspecified atom stereocenters. The predicted molar refractivity (Wildman–Crippen MR) is 135 cm³/mol. The van der Waals surface area contributed by atoms with E-state index >= 15 is 0 Å². The fraction of sp³-hybridized carbons (Fsp3) is 0.464. The summed E-state index contributed by atoms with van der Waals surface area (Å²) < 4.78 is 0. The molecule has 1 N–H and O–H groups in total. The van der Waals surface area contributed by atoms with Crippen LogP contribution >= 0.6 is 0 Å². The summed E-state index contributed by atoms with van der Waals surface area (Å²) in [4.78, 5) is 13.0. The third-order valence-electron chi connectivity index (χ3n) is 6.97. The van der Waals surface area contributed by atoms with Gasteiger partial charge in [-0.2, -0.15) is 0 Å². The van der Waals surface area contributed by atoms with E-state index in [1.54, 1.807) is 0 Å². The highest BCUT2D eigenvalue weighted by molar-refractivity contribution is 6.84. The smallest absolute Gasteiger partial charge is 0.243 e. The Kier molecular flexibility index (Phi) is 8.71. The molecule has 0 aliphatic carbocycles. The molecule has 1 heterocycles. The number of carbonyl (C=O) groups is 1. The van der Waals surface area contributed by atoms with Crippen molar-refractivity contribution >= 4 is 14.0 Å². The van der Waals surface area contributed by atoms with Crippen LogP contribution in [0.15, 0.2) is 66.4 Å². The Morgan fingerprint density at radius 2 is 1.77 bits per heavy atom. The summed E-state index contributed by atoms with van der Waals surface area (Å²) >= 11 is 0. The molecule has 1 amide bonds. The Morgan fingerprint density at radius 3 is 2.42 bits per heavy atom. The van der Waals surface area contributed by atoms with Crippen molar-refractivity contribution in [2.45, 2.75) is 77.0 Å². The zero-order valence-corrected chi connectivity index (χ0v) is 20.6. The lowest BCUT2D eigenvalue weighted by atomic mass is 9.98. The molecule has 3 rings (SSSR count). The molecule has 0 bridgehead atoms. The first-order valence-corrected chi connectivity index (χ1v) is 14.8. The van der Waals surface area contributed by atoms with Crippen molar-refractivity contribution < 1.29 is 4.79 Å². The number of carbonyl (C=O) groups excluding carboxylic acids is 1. The molecule has 31 heavy (non-hydrogen) atoms. The van der Waals surface area contributed by atoms with Gasteiger partial charge in [-0.3, -0.25) is 4.79 Å². The maximum absolute atomic E-state index is 13.0. The van der Waals surface area contributed by atoms with Crippen molar-refractivity contribution in [2.24, 2.45) is 5.92 Å². The van der Waals surface area contributed by atoms with Crippen LogP contribution in [0.2, 0.25) is 18.1 Å². The Labute approximate surface area is 190 Å². The summed E-state index contributed by atoms with van der Waals surface area (Å²) in [7, 11) is -1.46. The van der Waals surface area contributed by atoms with Crippen LogP contribution in [0.3, 0.4) is 0 Å². The summed E-state index contributed by atoms with van der Waals surface area (Å²) in [6, 6.07) is 23.0. The van der Waals surface area contributed by atoms with Gasteiger partial charge >= 0.3 is 0 Å². The van der Waals surface area contributed by atoms with Gasteiger partial charge < -0.3 is 5.32 Å². The van der Waals surface area contributed by atoms with Crippen LogP contribution < -0.4 is 5.32 Å². The van der Waals surface area contributed by atoms with Gasteiger partial charge in [0.05, 0.1) is 14.1 Å². The number of amides is 1. The van der Waals surface area contributed by atoms with Gasteiger partial charge in [-0.05, 0) is 36.5 Å². The minimum Gasteiger partial charge on any atom is -0.345 e. The van der Waals surface area contributed by atoms with E-state index in [4.69, 9.17) is 0 Å². The van der Waals surface area contributed by atoms with E-state index in [1.165, 1.54) is 54.9 Å². The van der Waals surface area contributed by atoms with Crippen molar-refractivity contribution in [1.29, 1.82) is 0 Å². The number of rotatable bonds is 9. The zero-order valence-electron chi connectivity index (χ0n) is 19.6. The number of hydrogen-bond donors (Lipinski definition) is 1. The van der Waals surface area contributed by atoms with Gasteiger partial charge in [0.1, 0.15) is 0 Å². The number of unbranched alkanes of at least 4 members (excludes halogenated alkanes) is 1. The Morgan fingerprint density at radius 1 is 1.10 bits per heavy atom. The van der Waals surface area contributed by atoms with Crippen molar-refractivity contribution in [3.05, 3.63) is 83.1 Å². The Hall–Kier alpha value is -2.13. The largest absolute Gasteiger partial charge is 0.345 e. The number of nitrogens with one attached hydrogen (secondary N) is 1. The van der Waals surface area contributed by atoms with E-state index in [0.29, 0.717) is 0 Å². The summed E-state index contributed by atoms with van der Waals surface area (Å²) in [5.41, 5.74) is 6.06. The molecule has 1 fully saturated rings. The van der Waals surface area contributed by atoms with Gasteiger partial charge in [0.2, 0.25) is 5.91 Å². The maximum atomic E-state index is 13.0. The molecule has 1 aliphatic rings. The van der Waals surface area contributed by atoms with Gasteiger partial charge in [0.25, 0.3) is 0 Å². The van der Waals surface area contributed by atoms with Gasteiger partial charge in [0, 0.05) is 0 Å². The highest BCUT2D eigenvalue weighted by atomic mass is 28.3. The van der Waals surface area contributed by atoms with E-state index in [-0.39, 0.29) is 11.9 Å². The summed E-state index contributed by atoms with van der Waals surface area (Å²) in [5.74, 6) is 0.907. The molecule has 1 atom stereocenters. The Bertz CT molecular complexity index is 830. The van der Waals surface area contributed by atoms with E-state index in [9.17, 15) is 4.79 Å². The fourth-order valence-corrected chi connectivity index (χ4v) is 9.68. The molecule has 3 heteroatoms. The van der Waals surface area contributed by atoms with Gasteiger partial charge in [-0.15, -0.1) is 0 Å². The van der Waals surface area contributed by atoms with Crippen molar-refractivity contribution in [3.8, 4) is 0 Å². The van der Waals surface area contributed by atoms with Gasteiger partial charge in [-0.1, -0.05) is 124 Å². The van der Waals surface area contributed by atoms with Crippen molar-refractivity contribution in [2.75, 3.05) is 0 Å². The van der Waals surface area contributed by atoms with Crippen LogP contribution in [0.25, 0.3) is 0 Å². The van der Waals surface area contributed by atoms with Crippen molar-refractivity contribution in [3.63, 3.8) is 0 Å². The molecule has 0 aromatic heterocycles. The summed E-state index contributed by atoms with van der Waals surface area (Å²) in [5, 5.41) is 3.31. The van der Waals surface area contributed by atoms with Crippen LogP contribution in [-0.4, -0.2) is 14.0 Å². The molecule has 1 aliphatic heterocycles. The molecule has 0 radical (unpaired) electrons. The van der Waals surface area contributed by atoms with Crippen LogP contribution in [0, 0.1) is 12.8 Å². The highest BCUT2D eigenvalue weighted by Crippen LogP contribution is 2.37. The first kappa shape index (κ1) is 23.5. The molecular weight excluding hydrogens is 394 g/mol. The second-order valence-corrected chi connectivity index (χ2v) is 14.2. The minimum absolute atomic E-state index is 0.0132. The Balaban J connectivity index is 1.72. The monoisotopic (exact) mass is 433 g/mol. The SMILES string of the molecule is CCCC[Si]1(C=CC(=O)NC(Cc2ccc(C)cc2)c2ccccc2)CCC(C)CC1. The third kappa shape index (κ3) is 7.21. The molecule has 2 nitrogen and oxygen atoms in total. The minimum atomic E-state index is -1.46. The predicted octanol–water partition coefficient (Wildman–Crippen LogP) is 7.17. The molecule has 0 spiro atoms. The average molecular weight is 434 g/mol. The maximum Gasteiger partial charge on any atom is 0.243 e. The second-order valence-electron chi connectivity index (χ2n) is 9.64. The van der Waals surface area contributed by atoms with E-state index < -0.39 is 8.07 Å². The molecule has 166 valence electrons. The second kappa shape index (κ2) is 11.5. The third-order valence-corrected chi connectivity index (χ3v) is 11.8.